The Morgan fingerprint density at radius 3 is 2.51 bits per heavy atom. The highest BCUT2D eigenvalue weighted by molar-refractivity contribution is 5.99. The monoisotopic (exact) mass is 485 g/mol. The van der Waals surface area contributed by atoms with Crippen LogP contribution < -0.4 is 16.4 Å². The quantitative estimate of drug-likeness (QED) is 0.494. The van der Waals surface area contributed by atoms with Gasteiger partial charge in [0.1, 0.15) is 5.69 Å². The van der Waals surface area contributed by atoms with Gasteiger partial charge < -0.3 is 15.1 Å². The van der Waals surface area contributed by atoms with E-state index in [1.165, 1.54) is 0 Å². The van der Waals surface area contributed by atoms with E-state index in [-0.39, 0.29) is 41.3 Å². The number of rotatable bonds is 10. The maximum Gasteiger partial charge on any atom is 0.437 e. The molecule has 1 aliphatic rings. The summed E-state index contributed by atoms with van der Waals surface area (Å²) < 4.78 is 6.26. The van der Waals surface area contributed by atoms with Crippen molar-refractivity contribution >= 4 is 17.6 Å². The van der Waals surface area contributed by atoms with Crippen LogP contribution in [0.4, 0.5) is 0 Å². The number of hydrogen-bond acceptors (Lipinski definition) is 7. The zero-order valence-corrected chi connectivity index (χ0v) is 20.8. The highest BCUT2D eigenvalue weighted by Crippen LogP contribution is 2.25. The lowest BCUT2D eigenvalue weighted by molar-refractivity contribution is -0.127. The molecule has 0 radical (unpaired) electrons. The zero-order valence-electron chi connectivity index (χ0n) is 20.8. The molecule has 3 atom stereocenters. The summed E-state index contributed by atoms with van der Waals surface area (Å²) in [7, 11) is 0. The van der Waals surface area contributed by atoms with E-state index in [1.807, 2.05) is 27.7 Å². The molecule has 190 valence electrons. The van der Waals surface area contributed by atoms with Crippen molar-refractivity contribution in [1.29, 1.82) is 0 Å². The van der Waals surface area contributed by atoms with Gasteiger partial charge in [-0.3, -0.25) is 19.4 Å². The fourth-order valence-corrected chi connectivity index (χ4v) is 4.35. The lowest BCUT2D eigenvalue weighted by Gasteiger charge is -2.32. The molecule has 3 rings (SSSR count). The molecule has 0 saturated heterocycles. The Labute approximate surface area is 204 Å². The molecule has 0 aliphatic heterocycles. The minimum atomic E-state index is -0.887. The molecule has 10 heteroatoms. The first-order chi connectivity index (χ1) is 16.7. The standard InChI is InChI=1S/C25H35N5O5/c1-15(2)13-20(21(31)24-29-30(14-16(3)4)25(34)35-24)28-22(32)17-9-5-6-10-18(17)27-23(33)19-11-7-8-12-26-19/h7-8,11-12,15-18,20H,5-6,9-10,13-14H2,1-4H3,(H,27,33)(H,28,32)/t17-,18+,20?/m1/s1. The van der Waals surface area contributed by atoms with Gasteiger partial charge in [0.15, 0.2) is 0 Å². The zero-order chi connectivity index (χ0) is 25.5. The normalized spacial score (nSPS) is 18.9. The van der Waals surface area contributed by atoms with Crippen LogP contribution in [0, 0.1) is 17.8 Å². The number of nitrogens with one attached hydrogen (secondary N) is 2. The molecule has 1 aliphatic carbocycles. The van der Waals surface area contributed by atoms with E-state index >= 15 is 0 Å². The molecule has 2 aromatic heterocycles. The van der Waals surface area contributed by atoms with Crippen LogP contribution in [0.1, 0.15) is 81.0 Å². The number of hydrogen-bond donors (Lipinski definition) is 2. The molecule has 2 aromatic rings. The number of amides is 2. The molecular weight excluding hydrogens is 450 g/mol. The predicted molar refractivity (Wildman–Crippen MR) is 129 cm³/mol. The molecule has 0 bridgehead atoms. The number of nitrogens with zero attached hydrogens (tertiary/aromatic N) is 3. The van der Waals surface area contributed by atoms with Gasteiger partial charge in [-0.15, -0.1) is 5.10 Å². The van der Waals surface area contributed by atoms with Crippen LogP contribution in [0.3, 0.4) is 0 Å². The summed E-state index contributed by atoms with van der Waals surface area (Å²) in [5.74, 6) is -2.40. The molecule has 1 saturated carbocycles. The Balaban J connectivity index is 1.74. The fourth-order valence-electron chi connectivity index (χ4n) is 4.35. The number of Topliss-reactive ketones (excluding diaryl/α,β-unsaturated/α-hetero) is 1. The van der Waals surface area contributed by atoms with Gasteiger partial charge in [-0.25, -0.2) is 4.79 Å². The maximum absolute atomic E-state index is 13.3. The second-order valence-corrected chi connectivity index (χ2v) is 9.99. The van der Waals surface area contributed by atoms with Crippen molar-refractivity contribution in [2.45, 2.75) is 78.4 Å². The van der Waals surface area contributed by atoms with Crippen molar-refractivity contribution < 1.29 is 18.8 Å². The Bertz CT molecular complexity index is 1080. The van der Waals surface area contributed by atoms with Gasteiger partial charge in [-0.05, 0) is 43.2 Å². The molecular formula is C25H35N5O5. The van der Waals surface area contributed by atoms with Crippen LogP contribution in [0.15, 0.2) is 33.6 Å². The molecule has 2 amide bonds. The van der Waals surface area contributed by atoms with Gasteiger partial charge in [0.25, 0.3) is 11.8 Å². The van der Waals surface area contributed by atoms with Gasteiger partial charge in [0.2, 0.25) is 11.7 Å². The number of aromatic nitrogens is 3. The van der Waals surface area contributed by atoms with Crippen LogP contribution in [0.5, 0.6) is 0 Å². The van der Waals surface area contributed by atoms with Gasteiger partial charge in [-0.1, -0.05) is 46.6 Å². The molecule has 2 N–H and O–H groups in total. The van der Waals surface area contributed by atoms with E-state index < -0.39 is 23.5 Å². The lowest BCUT2D eigenvalue weighted by Crippen LogP contribution is -2.52. The topological polar surface area (TPSA) is 136 Å². The van der Waals surface area contributed by atoms with Crippen LogP contribution in [0.2, 0.25) is 0 Å². The summed E-state index contributed by atoms with van der Waals surface area (Å²) in [6.07, 6.45) is 4.91. The smallest absolute Gasteiger partial charge is 0.384 e. The van der Waals surface area contributed by atoms with Crippen molar-refractivity contribution in [3.05, 3.63) is 46.5 Å². The minimum Gasteiger partial charge on any atom is -0.384 e. The Morgan fingerprint density at radius 1 is 1.11 bits per heavy atom. The minimum absolute atomic E-state index is 0.0970. The number of pyridine rings is 1. The Hall–Kier alpha value is -3.30. The first-order valence-electron chi connectivity index (χ1n) is 12.3. The number of carbonyl (C=O) groups is 3. The Kier molecular flexibility index (Phi) is 8.95. The third kappa shape index (κ3) is 7.10. The molecule has 0 aromatic carbocycles. The highest BCUT2D eigenvalue weighted by Gasteiger charge is 2.36. The number of carbonyl (C=O) groups excluding carboxylic acids is 3. The molecule has 35 heavy (non-hydrogen) atoms. The number of ketones is 1. The van der Waals surface area contributed by atoms with E-state index in [9.17, 15) is 19.2 Å². The molecule has 2 heterocycles. The highest BCUT2D eigenvalue weighted by atomic mass is 16.4. The second kappa shape index (κ2) is 11.9. The Morgan fingerprint density at radius 2 is 1.86 bits per heavy atom. The summed E-state index contributed by atoms with van der Waals surface area (Å²) in [6.45, 7) is 8.07. The average molecular weight is 486 g/mol. The summed E-state index contributed by atoms with van der Waals surface area (Å²) in [5, 5.41) is 9.87. The fraction of sp³-hybridized carbons (Fsp3) is 0.600. The van der Waals surface area contributed by atoms with E-state index in [4.69, 9.17) is 4.42 Å². The van der Waals surface area contributed by atoms with Crippen LogP contribution >= 0.6 is 0 Å². The molecule has 1 unspecified atom stereocenters. The summed E-state index contributed by atoms with van der Waals surface area (Å²) in [4.78, 5) is 55.3. The van der Waals surface area contributed by atoms with Crippen molar-refractivity contribution in [2.75, 3.05) is 0 Å². The largest absolute Gasteiger partial charge is 0.437 e. The van der Waals surface area contributed by atoms with Crippen molar-refractivity contribution in [3.63, 3.8) is 0 Å². The molecule has 10 nitrogen and oxygen atoms in total. The summed E-state index contributed by atoms with van der Waals surface area (Å²) >= 11 is 0. The van der Waals surface area contributed by atoms with Crippen LogP contribution in [-0.2, 0) is 11.3 Å². The summed E-state index contributed by atoms with van der Waals surface area (Å²) in [5.41, 5.74) is 0.289. The van der Waals surface area contributed by atoms with Gasteiger partial charge in [0, 0.05) is 12.2 Å². The van der Waals surface area contributed by atoms with Crippen molar-refractivity contribution in [2.24, 2.45) is 17.8 Å². The van der Waals surface area contributed by atoms with E-state index in [0.29, 0.717) is 25.8 Å². The lowest BCUT2D eigenvalue weighted by atomic mass is 9.83. The van der Waals surface area contributed by atoms with Gasteiger partial charge in [-0.2, -0.15) is 4.68 Å². The predicted octanol–water partition coefficient (Wildman–Crippen LogP) is 2.59. The SMILES string of the molecule is CC(C)CC(NC(=O)[C@@H]1CCCC[C@@H]1NC(=O)c1ccccn1)C(=O)c1nn(CC(C)C)c(=O)o1. The first kappa shape index (κ1) is 26.3. The second-order valence-electron chi connectivity index (χ2n) is 9.99. The van der Waals surface area contributed by atoms with Gasteiger partial charge in [0.05, 0.1) is 18.5 Å². The maximum atomic E-state index is 13.3. The van der Waals surface area contributed by atoms with E-state index in [2.05, 4.69) is 20.7 Å². The van der Waals surface area contributed by atoms with Crippen molar-refractivity contribution in [1.82, 2.24) is 25.4 Å². The van der Waals surface area contributed by atoms with E-state index in [0.717, 1.165) is 17.5 Å². The first-order valence-corrected chi connectivity index (χ1v) is 12.3. The van der Waals surface area contributed by atoms with E-state index in [1.54, 1.807) is 24.4 Å². The average Bonchev–Trinajstić information content (AvgIpc) is 3.18. The third-order valence-corrected chi connectivity index (χ3v) is 6.01. The van der Waals surface area contributed by atoms with Crippen LogP contribution in [0.25, 0.3) is 0 Å². The third-order valence-electron chi connectivity index (χ3n) is 6.01. The van der Waals surface area contributed by atoms with Gasteiger partial charge >= 0.3 is 5.76 Å². The van der Waals surface area contributed by atoms with Crippen LogP contribution in [-0.4, -0.2) is 44.4 Å². The molecule has 0 spiro atoms. The molecule has 1 fully saturated rings. The summed E-state index contributed by atoms with van der Waals surface area (Å²) in [6, 6.07) is 3.83. The van der Waals surface area contributed by atoms with Crippen molar-refractivity contribution in [3.8, 4) is 0 Å².